The van der Waals surface area contributed by atoms with Crippen LogP contribution in [0.5, 0.6) is 0 Å². The van der Waals surface area contributed by atoms with Crippen molar-refractivity contribution in [1.82, 2.24) is 5.06 Å². The number of hydroxylamine groups is 2. The van der Waals surface area contributed by atoms with Crippen LogP contribution >= 0.6 is 0 Å². The molecule has 26 heavy (non-hydrogen) atoms. The normalized spacial score (nSPS) is 14.9. The van der Waals surface area contributed by atoms with Gasteiger partial charge >= 0.3 is 0 Å². The summed E-state index contributed by atoms with van der Waals surface area (Å²) in [6.07, 6.45) is 23.0. The SMILES string of the molecule is CCCCCCCC/C=C\CCCCCCCCON1C(=O)CCC1=O. The number of hydrogen-bond acceptors (Lipinski definition) is 3. The summed E-state index contributed by atoms with van der Waals surface area (Å²) in [7, 11) is 0. The summed E-state index contributed by atoms with van der Waals surface area (Å²) in [6.45, 7) is 2.73. The molecule has 4 nitrogen and oxygen atoms in total. The van der Waals surface area contributed by atoms with Gasteiger partial charge in [-0.2, -0.15) is 5.06 Å². The van der Waals surface area contributed by atoms with Crippen LogP contribution in [-0.4, -0.2) is 23.5 Å². The highest BCUT2D eigenvalue weighted by atomic mass is 16.7. The van der Waals surface area contributed by atoms with Crippen molar-refractivity contribution in [2.24, 2.45) is 0 Å². The average molecular weight is 366 g/mol. The Kier molecular flexibility index (Phi) is 14.1. The molecule has 150 valence electrons. The third-order valence-electron chi connectivity index (χ3n) is 4.88. The van der Waals surface area contributed by atoms with Crippen LogP contribution in [0.1, 0.15) is 110 Å². The minimum Gasteiger partial charge on any atom is -0.272 e. The first-order chi connectivity index (χ1) is 12.8. The van der Waals surface area contributed by atoms with E-state index in [9.17, 15) is 9.59 Å². The van der Waals surface area contributed by atoms with Gasteiger partial charge in [-0.1, -0.05) is 76.9 Å². The van der Waals surface area contributed by atoms with Crippen LogP contribution in [0.4, 0.5) is 0 Å². The molecule has 0 N–H and O–H groups in total. The van der Waals surface area contributed by atoms with Crippen LogP contribution in [0.15, 0.2) is 12.2 Å². The maximum absolute atomic E-state index is 11.4. The Hall–Kier alpha value is -1.16. The number of rotatable bonds is 17. The molecule has 0 unspecified atom stereocenters. The lowest BCUT2D eigenvalue weighted by Crippen LogP contribution is -2.29. The molecule has 0 aromatic rings. The summed E-state index contributed by atoms with van der Waals surface area (Å²) >= 11 is 0. The van der Waals surface area contributed by atoms with E-state index in [1.807, 2.05) is 0 Å². The molecule has 0 bridgehead atoms. The predicted molar refractivity (Wildman–Crippen MR) is 106 cm³/mol. The number of nitrogens with zero attached hydrogens (tertiary/aromatic N) is 1. The van der Waals surface area contributed by atoms with Gasteiger partial charge in [0.25, 0.3) is 11.8 Å². The van der Waals surface area contributed by atoms with Gasteiger partial charge in [-0.05, 0) is 32.1 Å². The van der Waals surface area contributed by atoms with E-state index in [1.54, 1.807) is 0 Å². The van der Waals surface area contributed by atoms with Gasteiger partial charge in [0.05, 0.1) is 6.61 Å². The van der Waals surface area contributed by atoms with Crippen molar-refractivity contribution < 1.29 is 14.4 Å². The molecule has 1 aliphatic heterocycles. The Morgan fingerprint density at radius 2 is 1.19 bits per heavy atom. The van der Waals surface area contributed by atoms with Crippen molar-refractivity contribution in [3.8, 4) is 0 Å². The van der Waals surface area contributed by atoms with E-state index >= 15 is 0 Å². The summed E-state index contributed by atoms with van der Waals surface area (Å²) in [5.41, 5.74) is 0. The van der Waals surface area contributed by atoms with Gasteiger partial charge < -0.3 is 0 Å². The standard InChI is InChI=1S/C22H39NO3/c1-2-3-4-5-6-7-8-9-10-11-12-13-14-15-16-17-20-26-23-21(24)18-19-22(23)25/h9-10H,2-8,11-20H2,1H3/b10-9-. The van der Waals surface area contributed by atoms with Gasteiger partial charge in [-0.25, -0.2) is 0 Å². The van der Waals surface area contributed by atoms with Crippen LogP contribution in [0, 0.1) is 0 Å². The summed E-state index contributed by atoms with van der Waals surface area (Å²) in [5, 5.41) is 0.956. The fourth-order valence-electron chi connectivity index (χ4n) is 3.21. The maximum Gasteiger partial charge on any atom is 0.253 e. The Labute approximate surface area is 160 Å². The summed E-state index contributed by atoms with van der Waals surface area (Å²) in [6, 6.07) is 0. The molecule has 0 aliphatic carbocycles. The predicted octanol–water partition coefficient (Wildman–Crippen LogP) is 6.10. The lowest BCUT2D eigenvalue weighted by molar-refractivity contribution is -0.187. The Morgan fingerprint density at radius 1 is 0.731 bits per heavy atom. The average Bonchev–Trinajstić information content (AvgIpc) is 2.96. The van der Waals surface area contributed by atoms with Gasteiger partial charge in [0.1, 0.15) is 0 Å². The minimum absolute atomic E-state index is 0.195. The summed E-state index contributed by atoms with van der Waals surface area (Å²) in [4.78, 5) is 28.0. The topological polar surface area (TPSA) is 46.6 Å². The molecule has 1 rings (SSSR count). The lowest BCUT2D eigenvalue weighted by Gasteiger charge is -2.12. The Morgan fingerprint density at radius 3 is 1.73 bits per heavy atom. The third kappa shape index (κ3) is 11.5. The van der Waals surface area contributed by atoms with Gasteiger partial charge in [0.15, 0.2) is 0 Å². The first-order valence-corrected chi connectivity index (χ1v) is 10.9. The quantitative estimate of drug-likeness (QED) is 0.178. The third-order valence-corrected chi connectivity index (χ3v) is 4.88. The zero-order valence-corrected chi connectivity index (χ0v) is 16.8. The van der Waals surface area contributed by atoms with Crippen LogP contribution in [0.25, 0.3) is 0 Å². The second-order valence-electron chi connectivity index (χ2n) is 7.35. The van der Waals surface area contributed by atoms with Crippen molar-refractivity contribution in [3.63, 3.8) is 0 Å². The van der Waals surface area contributed by atoms with Crippen LogP contribution < -0.4 is 0 Å². The zero-order chi connectivity index (χ0) is 18.9. The van der Waals surface area contributed by atoms with Crippen molar-refractivity contribution in [2.45, 2.75) is 110 Å². The summed E-state index contributed by atoms with van der Waals surface area (Å²) < 4.78 is 0. The first-order valence-electron chi connectivity index (χ1n) is 10.9. The largest absolute Gasteiger partial charge is 0.272 e. The van der Waals surface area contributed by atoms with Crippen molar-refractivity contribution in [1.29, 1.82) is 0 Å². The number of carbonyl (C=O) groups is 2. The van der Waals surface area contributed by atoms with E-state index < -0.39 is 0 Å². The number of hydrogen-bond donors (Lipinski definition) is 0. The highest BCUT2D eigenvalue weighted by Gasteiger charge is 2.29. The molecule has 1 heterocycles. The van der Waals surface area contributed by atoms with E-state index in [1.165, 1.54) is 77.0 Å². The second-order valence-corrected chi connectivity index (χ2v) is 7.35. The molecule has 2 amide bonds. The van der Waals surface area contributed by atoms with E-state index in [0.29, 0.717) is 19.4 Å². The molecular weight excluding hydrogens is 326 g/mol. The van der Waals surface area contributed by atoms with Gasteiger partial charge in [0, 0.05) is 12.8 Å². The Bertz CT molecular complexity index is 390. The van der Waals surface area contributed by atoms with Gasteiger partial charge in [-0.15, -0.1) is 0 Å². The van der Waals surface area contributed by atoms with E-state index in [-0.39, 0.29) is 11.8 Å². The fraction of sp³-hybridized carbons (Fsp3) is 0.818. The van der Waals surface area contributed by atoms with Crippen LogP contribution in [-0.2, 0) is 14.4 Å². The highest BCUT2D eigenvalue weighted by Crippen LogP contribution is 2.13. The van der Waals surface area contributed by atoms with Crippen molar-refractivity contribution >= 4 is 11.8 Å². The molecule has 1 aliphatic rings. The molecule has 0 aromatic carbocycles. The van der Waals surface area contributed by atoms with Crippen molar-refractivity contribution in [2.75, 3.05) is 6.61 Å². The smallest absolute Gasteiger partial charge is 0.253 e. The van der Waals surface area contributed by atoms with Crippen LogP contribution in [0.2, 0.25) is 0 Å². The second kappa shape index (κ2) is 16.0. The number of imide groups is 1. The van der Waals surface area contributed by atoms with Gasteiger partial charge in [0.2, 0.25) is 0 Å². The fourth-order valence-corrected chi connectivity index (χ4v) is 3.21. The molecule has 4 heteroatoms. The molecule has 0 radical (unpaired) electrons. The van der Waals surface area contributed by atoms with Gasteiger partial charge in [-0.3, -0.25) is 14.4 Å². The number of unbranched alkanes of at least 4 members (excludes halogenated alkanes) is 12. The lowest BCUT2D eigenvalue weighted by atomic mass is 10.1. The first kappa shape index (κ1) is 22.9. The van der Waals surface area contributed by atoms with Crippen molar-refractivity contribution in [3.05, 3.63) is 12.2 Å². The monoisotopic (exact) mass is 365 g/mol. The molecule has 0 saturated carbocycles. The minimum atomic E-state index is -0.195. The summed E-state index contributed by atoms with van der Waals surface area (Å²) in [5.74, 6) is -0.390. The molecule has 0 atom stereocenters. The van der Waals surface area contributed by atoms with Crippen LogP contribution in [0.3, 0.4) is 0 Å². The Balaban J connectivity index is 1.77. The van der Waals surface area contributed by atoms with E-state index in [0.717, 1.165) is 17.9 Å². The highest BCUT2D eigenvalue weighted by molar-refractivity contribution is 6.00. The van der Waals surface area contributed by atoms with E-state index in [4.69, 9.17) is 4.84 Å². The molecule has 0 aromatic heterocycles. The number of carbonyl (C=O) groups excluding carboxylic acids is 2. The number of allylic oxidation sites excluding steroid dienone is 2. The maximum atomic E-state index is 11.4. The zero-order valence-electron chi connectivity index (χ0n) is 16.8. The molecule has 1 fully saturated rings. The number of amides is 2. The van der Waals surface area contributed by atoms with E-state index in [2.05, 4.69) is 19.1 Å². The molecule has 1 saturated heterocycles. The molecular formula is C22H39NO3. The molecule has 0 spiro atoms.